The van der Waals surface area contributed by atoms with E-state index < -0.39 is 6.10 Å². The molecule has 0 N–H and O–H groups in total. The molecule has 2 aliphatic rings. The molecule has 0 unspecified atom stereocenters. The average molecular weight is 506 g/mol. The lowest BCUT2D eigenvalue weighted by Crippen LogP contribution is -2.09. The van der Waals surface area contributed by atoms with Gasteiger partial charge in [-0.2, -0.15) is 0 Å². The number of hydrogen-bond acceptors (Lipinski definition) is 7. The zero-order valence-electron chi connectivity index (χ0n) is 19.9. The van der Waals surface area contributed by atoms with Crippen molar-refractivity contribution in [3.8, 4) is 23.0 Å². The van der Waals surface area contributed by atoms with Crippen molar-refractivity contribution < 1.29 is 28.1 Å². The van der Waals surface area contributed by atoms with Crippen molar-refractivity contribution in [2.24, 2.45) is 0 Å². The van der Waals surface area contributed by atoms with Crippen molar-refractivity contribution in [2.45, 2.75) is 38.2 Å². The van der Waals surface area contributed by atoms with Crippen molar-refractivity contribution in [1.29, 1.82) is 0 Å². The molecule has 3 aromatic carbocycles. The van der Waals surface area contributed by atoms with Gasteiger partial charge in [-0.15, -0.1) is 11.3 Å². The fourth-order valence-electron chi connectivity index (χ4n) is 5.01. The maximum Gasteiger partial charge on any atom is 0.306 e. The Balaban J connectivity index is 1.22. The van der Waals surface area contributed by atoms with Crippen molar-refractivity contribution in [3.05, 3.63) is 76.0 Å². The number of esters is 1. The highest BCUT2D eigenvalue weighted by atomic mass is 32.1. The van der Waals surface area contributed by atoms with E-state index in [1.165, 1.54) is 13.2 Å². The van der Waals surface area contributed by atoms with E-state index in [1.807, 2.05) is 43.3 Å². The molecule has 184 valence electrons. The van der Waals surface area contributed by atoms with Crippen LogP contribution in [0.1, 0.15) is 46.6 Å². The number of carbonyl (C=O) groups is 1. The Morgan fingerprint density at radius 3 is 2.89 bits per heavy atom. The van der Waals surface area contributed by atoms with Crippen LogP contribution in [0.25, 0.3) is 10.2 Å². The van der Waals surface area contributed by atoms with Crippen LogP contribution < -0.4 is 14.2 Å². The van der Waals surface area contributed by atoms with Gasteiger partial charge in [-0.1, -0.05) is 6.07 Å². The van der Waals surface area contributed by atoms with Crippen LogP contribution in [0.3, 0.4) is 0 Å². The molecule has 0 spiro atoms. The molecule has 2 heterocycles. The van der Waals surface area contributed by atoms with Gasteiger partial charge in [0.15, 0.2) is 0 Å². The lowest BCUT2D eigenvalue weighted by molar-refractivity contribution is -0.141. The molecule has 0 fully saturated rings. The van der Waals surface area contributed by atoms with Crippen LogP contribution >= 0.6 is 11.3 Å². The maximum atomic E-state index is 15.0. The molecule has 0 amide bonds. The van der Waals surface area contributed by atoms with Crippen LogP contribution in [-0.2, 0) is 16.0 Å². The largest absolute Gasteiger partial charge is 0.492 e. The predicted molar refractivity (Wildman–Crippen MR) is 134 cm³/mol. The molecule has 6 rings (SSSR count). The minimum absolute atomic E-state index is 0.0426. The van der Waals surface area contributed by atoms with Gasteiger partial charge >= 0.3 is 5.97 Å². The molecule has 0 saturated carbocycles. The molecule has 2 atom stereocenters. The predicted octanol–water partition coefficient (Wildman–Crippen LogP) is 6.64. The number of carbonyl (C=O) groups excluding carboxylic acids is 1. The van der Waals surface area contributed by atoms with Gasteiger partial charge in [0.05, 0.1) is 35.4 Å². The number of halogens is 1. The van der Waals surface area contributed by atoms with Gasteiger partial charge in [0, 0.05) is 34.7 Å². The highest BCUT2D eigenvalue weighted by molar-refractivity contribution is 7.18. The maximum absolute atomic E-state index is 15.0. The lowest BCUT2D eigenvalue weighted by Gasteiger charge is -2.17. The Morgan fingerprint density at radius 2 is 2.03 bits per heavy atom. The number of methoxy groups -OCH3 is 1. The average Bonchev–Trinajstić information content (AvgIpc) is 3.57. The molecule has 1 aliphatic heterocycles. The topological polar surface area (TPSA) is 66.9 Å². The third kappa shape index (κ3) is 4.15. The Labute approximate surface area is 211 Å². The zero-order valence-corrected chi connectivity index (χ0v) is 20.7. The molecule has 0 bridgehead atoms. The molecule has 0 radical (unpaired) electrons. The monoisotopic (exact) mass is 505 g/mol. The second kappa shape index (κ2) is 9.09. The SMILES string of the molecule is COC(=O)C[C@@H]1COc2cc(O[C@@H]3CCc4c(Oc5ccc6nc(C)sc6c5)ccc(F)c43)ccc21. The van der Waals surface area contributed by atoms with E-state index in [4.69, 9.17) is 18.9 Å². The number of benzene rings is 3. The number of aromatic nitrogens is 1. The summed E-state index contributed by atoms with van der Waals surface area (Å²) in [5, 5.41) is 1.00. The molecular weight excluding hydrogens is 481 g/mol. The molecular formula is C28H24FNO5S. The first-order chi connectivity index (χ1) is 17.5. The first kappa shape index (κ1) is 22.8. The van der Waals surface area contributed by atoms with Crippen molar-refractivity contribution in [1.82, 2.24) is 4.98 Å². The first-order valence-electron chi connectivity index (χ1n) is 11.8. The van der Waals surface area contributed by atoms with Crippen LogP contribution in [0.4, 0.5) is 4.39 Å². The third-order valence-corrected chi connectivity index (χ3v) is 7.65. The smallest absolute Gasteiger partial charge is 0.306 e. The van der Waals surface area contributed by atoms with Gasteiger partial charge in [-0.05, 0) is 50.1 Å². The van der Waals surface area contributed by atoms with E-state index >= 15 is 0 Å². The zero-order chi connectivity index (χ0) is 24.8. The summed E-state index contributed by atoms with van der Waals surface area (Å²) in [5.41, 5.74) is 3.26. The summed E-state index contributed by atoms with van der Waals surface area (Å²) in [6.45, 7) is 2.40. The van der Waals surface area contributed by atoms with Gasteiger partial charge < -0.3 is 18.9 Å². The first-order valence-corrected chi connectivity index (χ1v) is 12.7. The van der Waals surface area contributed by atoms with Gasteiger partial charge in [0.1, 0.15) is 34.9 Å². The second-order valence-electron chi connectivity index (χ2n) is 9.04. The fraction of sp³-hybridized carbons (Fsp3) is 0.286. The summed E-state index contributed by atoms with van der Waals surface area (Å²) in [5.74, 6) is 2.01. The Kier molecular flexibility index (Phi) is 5.76. The Morgan fingerprint density at radius 1 is 1.17 bits per heavy atom. The molecule has 0 saturated heterocycles. The van der Waals surface area contributed by atoms with Crippen LogP contribution in [0.5, 0.6) is 23.0 Å². The lowest BCUT2D eigenvalue weighted by atomic mass is 9.98. The van der Waals surface area contributed by atoms with Gasteiger partial charge in [0.2, 0.25) is 0 Å². The standard InChI is InChI=1S/C28H24FNO5S/c1-15-30-22-8-4-18(13-26(22)36-15)34-23-10-7-21(29)28-20(23)6-9-24(28)35-17-3-5-19-16(11-27(31)32-2)14-33-25(19)12-17/h3-5,7-8,10,12-13,16,24H,6,9,11,14H2,1-2H3/t16-,24-/m1/s1. The van der Waals surface area contributed by atoms with Crippen molar-refractivity contribution in [2.75, 3.05) is 13.7 Å². The van der Waals surface area contributed by atoms with E-state index in [1.54, 1.807) is 17.4 Å². The molecule has 1 aliphatic carbocycles. The third-order valence-electron chi connectivity index (χ3n) is 6.72. The summed E-state index contributed by atoms with van der Waals surface area (Å²) in [6, 6.07) is 14.5. The van der Waals surface area contributed by atoms with Gasteiger partial charge in [-0.25, -0.2) is 9.37 Å². The minimum Gasteiger partial charge on any atom is -0.492 e. The van der Waals surface area contributed by atoms with Crippen LogP contribution in [0, 0.1) is 12.7 Å². The van der Waals surface area contributed by atoms with E-state index in [9.17, 15) is 9.18 Å². The Bertz CT molecular complexity index is 1480. The van der Waals surface area contributed by atoms with Crippen molar-refractivity contribution in [3.63, 3.8) is 0 Å². The number of thiazole rings is 1. The van der Waals surface area contributed by atoms with Crippen LogP contribution in [0.15, 0.2) is 48.5 Å². The molecule has 6 nitrogen and oxygen atoms in total. The van der Waals surface area contributed by atoms with Gasteiger partial charge in [-0.3, -0.25) is 4.79 Å². The number of nitrogens with zero attached hydrogens (tertiary/aromatic N) is 1. The normalized spacial score (nSPS) is 18.0. The van der Waals surface area contributed by atoms with Crippen molar-refractivity contribution >= 4 is 27.5 Å². The number of ether oxygens (including phenoxy) is 4. The van der Waals surface area contributed by atoms with Crippen LogP contribution in [-0.4, -0.2) is 24.7 Å². The molecule has 8 heteroatoms. The van der Waals surface area contributed by atoms with Gasteiger partial charge in [0.25, 0.3) is 0 Å². The highest BCUT2D eigenvalue weighted by Gasteiger charge is 2.32. The summed E-state index contributed by atoms with van der Waals surface area (Å²) in [6.07, 6.45) is 1.13. The number of aryl methyl sites for hydroxylation is 1. The summed E-state index contributed by atoms with van der Waals surface area (Å²) in [7, 11) is 1.38. The highest BCUT2D eigenvalue weighted by Crippen LogP contribution is 2.44. The Hall–Kier alpha value is -3.65. The summed E-state index contributed by atoms with van der Waals surface area (Å²) >= 11 is 1.61. The fourth-order valence-corrected chi connectivity index (χ4v) is 5.87. The number of rotatable bonds is 6. The molecule has 1 aromatic heterocycles. The number of fused-ring (bicyclic) bond motifs is 3. The number of hydrogen-bond donors (Lipinski definition) is 0. The minimum atomic E-state index is -0.430. The van der Waals surface area contributed by atoms with E-state index in [2.05, 4.69) is 4.98 Å². The van der Waals surface area contributed by atoms with E-state index in [0.29, 0.717) is 48.0 Å². The van der Waals surface area contributed by atoms with Crippen LogP contribution in [0.2, 0.25) is 0 Å². The molecule has 4 aromatic rings. The summed E-state index contributed by atoms with van der Waals surface area (Å²) in [4.78, 5) is 16.2. The second-order valence-corrected chi connectivity index (χ2v) is 10.3. The van der Waals surface area contributed by atoms with E-state index in [0.717, 1.165) is 26.4 Å². The van der Waals surface area contributed by atoms with E-state index in [-0.39, 0.29) is 24.1 Å². The summed E-state index contributed by atoms with van der Waals surface area (Å²) < 4.78 is 39.1. The quantitative estimate of drug-likeness (QED) is 0.274. The molecule has 36 heavy (non-hydrogen) atoms.